The highest BCUT2D eigenvalue weighted by Gasteiger charge is 2.10. The number of hydrogen-bond donors (Lipinski definition) is 3. The van der Waals surface area contributed by atoms with Crippen molar-refractivity contribution < 1.29 is 19.1 Å². The summed E-state index contributed by atoms with van der Waals surface area (Å²) in [4.78, 5) is 24.5. The molecule has 154 valence electrons. The van der Waals surface area contributed by atoms with E-state index in [0.717, 1.165) is 0 Å². The Kier molecular flexibility index (Phi) is 7.65. The molecular weight excluding hydrogens is 370 g/mol. The monoisotopic (exact) mass is 397 g/mol. The number of hydrogen-bond acceptors (Lipinski definition) is 5. The van der Waals surface area contributed by atoms with Crippen LogP contribution in [0.5, 0.6) is 11.5 Å². The highest BCUT2D eigenvalue weighted by atomic mass is 16.5. The number of ether oxygens (including phenoxy) is 2. The third-order valence-electron chi connectivity index (χ3n) is 4.18. The van der Waals surface area contributed by atoms with Crippen LogP contribution in [0, 0.1) is 0 Å². The number of methoxy groups -OCH3 is 2. The number of amides is 2. The Balaban J connectivity index is 1.93. The van der Waals surface area contributed by atoms with Crippen LogP contribution in [0.25, 0.3) is 0 Å². The lowest BCUT2D eigenvalue weighted by molar-refractivity contribution is -0.112. The maximum atomic E-state index is 12.3. The molecule has 0 aliphatic rings. The van der Waals surface area contributed by atoms with Gasteiger partial charge in [-0.15, -0.1) is 0 Å². The van der Waals surface area contributed by atoms with E-state index in [0.29, 0.717) is 34.4 Å². The Morgan fingerprint density at radius 3 is 2.03 bits per heavy atom. The van der Waals surface area contributed by atoms with E-state index in [1.54, 1.807) is 25.1 Å². The molecular formula is C22H27N3O4. The van der Waals surface area contributed by atoms with Crippen molar-refractivity contribution in [3.63, 3.8) is 0 Å². The van der Waals surface area contributed by atoms with Crippen LogP contribution in [-0.2, 0) is 4.79 Å². The lowest BCUT2D eigenvalue weighted by Crippen LogP contribution is -2.36. The van der Waals surface area contributed by atoms with Crippen molar-refractivity contribution in [2.75, 3.05) is 19.5 Å². The molecule has 2 rings (SSSR count). The molecule has 0 heterocycles. The normalized spacial score (nSPS) is 11.0. The van der Waals surface area contributed by atoms with Crippen molar-refractivity contribution in [2.24, 2.45) is 0 Å². The van der Waals surface area contributed by atoms with Gasteiger partial charge in [0.2, 0.25) is 5.91 Å². The van der Waals surface area contributed by atoms with E-state index in [1.165, 1.54) is 25.9 Å². The number of carbonyl (C=O) groups is 2. The highest BCUT2D eigenvalue weighted by Crippen LogP contribution is 2.22. The molecule has 0 bridgehead atoms. The molecule has 0 spiro atoms. The molecule has 2 aromatic rings. The first-order valence-electron chi connectivity index (χ1n) is 9.21. The largest absolute Gasteiger partial charge is 0.497 e. The standard InChI is InChI=1S/C22H27N3O4/c1-14(2)16-6-8-18(9-7-16)23-21(26)10-15(3)24-25-22(27)17-11-19(28-4)13-20(12-17)29-5/h6-14,24H,1-5H3,(H,23,26)(H,25,27)/b15-10+. The van der Waals surface area contributed by atoms with Gasteiger partial charge in [-0.25, -0.2) is 0 Å². The van der Waals surface area contributed by atoms with Crippen LogP contribution in [-0.4, -0.2) is 26.0 Å². The maximum Gasteiger partial charge on any atom is 0.269 e. The first kappa shape index (κ1) is 21.8. The van der Waals surface area contributed by atoms with E-state index in [4.69, 9.17) is 9.47 Å². The summed E-state index contributed by atoms with van der Waals surface area (Å²) in [6, 6.07) is 12.5. The molecule has 0 saturated heterocycles. The summed E-state index contributed by atoms with van der Waals surface area (Å²) in [6.07, 6.45) is 1.36. The molecule has 2 aromatic carbocycles. The number of benzene rings is 2. The number of rotatable bonds is 8. The zero-order valence-electron chi connectivity index (χ0n) is 17.3. The highest BCUT2D eigenvalue weighted by molar-refractivity contribution is 5.99. The smallest absolute Gasteiger partial charge is 0.269 e. The summed E-state index contributed by atoms with van der Waals surface area (Å²) < 4.78 is 10.3. The van der Waals surface area contributed by atoms with E-state index in [-0.39, 0.29) is 11.8 Å². The zero-order chi connectivity index (χ0) is 21.4. The van der Waals surface area contributed by atoms with E-state index >= 15 is 0 Å². The fourth-order valence-corrected chi connectivity index (χ4v) is 2.53. The van der Waals surface area contributed by atoms with Gasteiger partial charge in [0.25, 0.3) is 5.91 Å². The van der Waals surface area contributed by atoms with Crippen LogP contribution in [0.3, 0.4) is 0 Å². The second-order valence-corrected chi connectivity index (χ2v) is 6.77. The van der Waals surface area contributed by atoms with E-state index < -0.39 is 0 Å². The van der Waals surface area contributed by atoms with Crippen LogP contribution in [0.4, 0.5) is 5.69 Å². The third kappa shape index (κ3) is 6.57. The van der Waals surface area contributed by atoms with Gasteiger partial charge in [0.05, 0.1) is 14.2 Å². The summed E-state index contributed by atoms with van der Waals surface area (Å²) in [5.74, 6) is 0.748. The number of hydrazine groups is 1. The topological polar surface area (TPSA) is 88.7 Å². The van der Waals surface area contributed by atoms with Crippen LogP contribution in [0.2, 0.25) is 0 Å². The predicted octanol–water partition coefficient (Wildman–Crippen LogP) is 3.60. The molecule has 0 fully saturated rings. The van der Waals surface area contributed by atoms with Crippen molar-refractivity contribution in [3.05, 3.63) is 65.4 Å². The lowest BCUT2D eigenvalue weighted by Gasteiger charge is -2.11. The molecule has 0 unspecified atom stereocenters. The number of allylic oxidation sites excluding steroid dienone is 1. The Morgan fingerprint density at radius 1 is 0.931 bits per heavy atom. The minimum absolute atomic E-state index is 0.301. The predicted molar refractivity (Wildman–Crippen MR) is 113 cm³/mol. The van der Waals surface area contributed by atoms with Crippen molar-refractivity contribution in [1.29, 1.82) is 0 Å². The molecule has 0 aliphatic carbocycles. The summed E-state index contributed by atoms with van der Waals surface area (Å²) in [6.45, 7) is 5.90. The molecule has 0 atom stereocenters. The van der Waals surface area contributed by atoms with E-state index in [9.17, 15) is 9.59 Å². The van der Waals surface area contributed by atoms with Gasteiger partial charge in [-0.2, -0.15) is 0 Å². The van der Waals surface area contributed by atoms with Crippen LogP contribution in [0.15, 0.2) is 54.2 Å². The lowest BCUT2D eigenvalue weighted by atomic mass is 10.0. The van der Waals surface area contributed by atoms with E-state index in [2.05, 4.69) is 30.0 Å². The minimum Gasteiger partial charge on any atom is -0.497 e. The Bertz CT molecular complexity index is 867. The molecule has 3 N–H and O–H groups in total. The number of nitrogens with one attached hydrogen (secondary N) is 3. The molecule has 0 aliphatic heterocycles. The first-order chi connectivity index (χ1) is 13.8. The third-order valence-corrected chi connectivity index (χ3v) is 4.18. The van der Waals surface area contributed by atoms with Crippen molar-refractivity contribution in [1.82, 2.24) is 10.9 Å². The van der Waals surface area contributed by atoms with Crippen LogP contribution in [0.1, 0.15) is 42.6 Å². The quantitative estimate of drug-likeness (QED) is 0.468. The van der Waals surface area contributed by atoms with Gasteiger partial charge in [-0.05, 0) is 42.7 Å². The number of anilines is 1. The first-order valence-corrected chi connectivity index (χ1v) is 9.21. The minimum atomic E-state index is -0.389. The van der Waals surface area contributed by atoms with Crippen molar-refractivity contribution in [3.8, 4) is 11.5 Å². The fraction of sp³-hybridized carbons (Fsp3) is 0.273. The Hall–Kier alpha value is -3.48. The molecule has 0 radical (unpaired) electrons. The van der Waals surface area contributed by atoms with Gasteiger partial charge >= 0.3 is 0 Å². The molecule has 0 saturated carbocycles. The summed E-state index contributed by atoms with van der Waals surface area (Å²) in [5, 5.41) is 2.79. The van der Waals surface area contributed by atoms with Gasteiger partial charge in [-0.3, -0.25) is 15.0 Å². The fourth-order valence-electron chi connectivity index (χ4n) is 2.53. The summed E-state index contributed by atoms with van der Waals surface area (Å²) in [5.41, 5.74) is 8.00. The van der Waals surface area contributed by atoms with Crippen molar-refractivity contribution in [2.45, 2.75) is 26.7 Å². The van der Waals surface area contributed by atoms with Gasteiger partial charge in [-0.1, -0.05) is 26.0 Å². The summed E-state index contributed by atoms with van der Waals surface area (Å²) >= 11 is 0. The molecule has 2 amide bonds. The Morgan fingerprint density at radius 2 is 1.52 bits per heavy atom. The maximum absolute atomic E-state index is 12.3. The van der Waals surface area contributed by atoms with Crippen molar-refractivity contribution >= 4 is 17.5 Å². The number of carbonyl (C=O) groups excluding carboxylic acids is 2. The average Bonchev–Trinajstić information content (AvgIpc) is 2.71. The molecule has 29 heavy (non-hydrogen) atoms. The zero-order valence-corrected chi connectivity index (χ0v) is 17.3. The van der Waals surface area contributed by atoms with Gasteiger partial charge in [0, 0.05) is 29.1 Å². The average molecular weight is 397 g/mol. The molecule has 0 aromatic heterocycles. The van der Waals surface area contributed by atoms with Gasteiger partial charge in [0.1, 0.15) is 11.5 Å². The second-order valence-electron chi connectivity index (χ2n) is 6.77. The van der Waals surface area contributed by atoms with Gasteiger partial charge in [0.15, 0.2) is 0 Å². The second kappa shape index (κ2) is 10.2. The SMILES string of the molecule is COc1cc(OC)cc(C(=O)NN/C(C)=C/C(=O)Nc2ccc(C(C)C)cc2)c1. The molecule has 7 heteroatoms. The molecule has 7 nitrogen and oxygen atoms in total. The van der Waals surface area contributed by atoms with E-state index in [1.807, 2.05) is 24.3 Å². The van der Waals surface area contributed by atoms with Gasteiger partial charge < -0.3 is 20.2 Å². The van der Waals surface area contributed by atoms with Crippen LogP contribution >= 0.6 is 0 Å². The Labute approximate surface area is 171 Å². The summed E-state index contributed by atoms with van der Waals surface area (Å²) in [7, 11) is 3.02. The van der Waals surface area contributed by atoms with Crippen LogP contribution < -0.4 is 25.6 Å².